The molecule has 3 aliphatic rings. The minimum absolute atomic E-state index is 0.0129. The number of pyridine rings is 1. The van der Waals surface area contributed by atoms with Crippen LogP contribution < -0.4 is 15.5 Å². The van der Waals surface area contributed by atoms with E-state index >= 15 is 0 Å². The molecule has 1 saturated heterocycles. The maximum Gasteiger partial charge on any atom is 0.408 e. The fraction of sp³-hybridized carbons (Fsp3) is 0.429. The lowest BCUT2D eigenvalue weighted by Crippen LogP contribution is -2.46. The molecule has 240 valence electrons. The number of nitrogens with zero attached hydrogens (tertiary/aromatic N) is 8. The second kappa shape index (κ2) is 12.2. The lowest BCUT2D eigenvalue weighted by Gasteiger charge is -2.29. The smallest absolute Gasteiger partial charge is 0.408 e. The number of carbonyl (C=O) groups excluding carboxylic acids is 2. The van der Waals surface area contributed by atoms with E-state index in [2.05, 4.69) is 25.6 Å². The number of halogens is 3. The van der Waals surface area contributed by atoms with Gasteiger partial charge in [0.15, 0.2) is 11.5 Å². The summed E-state index contributed by atoms with van der Waals surface area (Å²) in [7, 11) is 2.85. The molecule has 2 aromatic heterocycles. The summed E-state index contributed by atoms with van der Waals surface area (Å²) in [5, 5.41) is 28.5. The molecular weight excluding hydrogens is 597 g/mol. The van der Waals surface area contributed by atoms with Crippen molar-refractivity contribution in [2.45, 2.75) is 44.9 Å². The SMILES string of the molecule is CC1=[N+]([O-])C(CN(C)C(=O)C2=C(N(C)O)NCN2[C@@H](C)C(=O)Nc2cccc(-c3cnc(N4CCC[C@H]4C(F)(F)F)nc3)n2)=C1. The minimum atomic E-state index is -4.38. The Morgan fingerprint density at radius 3 is 2.60 bits per heavy atom. The van der Waals surface area contributed by atoms with E-state index in [9.17, 15) is 33.2 Å². The average Bonchev–Trinajstić information content (AvgIpc) is 3.69. The van der Waals surface area contributed by atoms with E-state index in [1.807, 2.05) is 0 Å². The van der Waals surface area contributed by atoms with Crippen molar-refractivity contribution in [2.75, 3.05) is 44.1 Å². The molecule has 0 saturated carbocycles. The first-order chi connectivity index (χ1) is 21.3. The summed E-state index contributed by atoms with van der Waals surface area (Å²) in [5.41, 5.74) is 1.79. The first kappa shape index (κ1) is 31.5. The van der Waals surface area contributed by atoms with E-state index in [1.165, 1.54) is 36.3 Å². The number of hydrogen-bond acceptors (Lipinski definition) is 11. The summed E-state index contributed by atoms with van der Waals surface area (Å²) in [6.45, 7) is 3.51. The Kier molecular flexibility index (Phi) is 8.55. The van der Waals surface area contributed by atoms with Crippen LogP contribution in [0.1, 0.15) is 26.7 Å². The van der Waals surface area contributed by atoms with E-state index in [0.717, 1.165) is 14.7 Å². The zero-order chi connectivity index (χ0) is 32.6. The zero-order valence-corrected chi connectivity index (χ0v) is 25.0. The second-order valence-electron chi connectivity index (χ2n) is 11.0. The lowest BCUT2D eigenvalue weighted by molar-refractivity contribution is -0.416. The summed E-state index contributed by atoms with van der Waals surface area (Å²) in [5.74, 6) is -0.767. The van der Waals surface area contributed by atoms with Crippen LogP contribution in [0.2, 0.25) is 0 Å². The van der Waals surface area contributed by atoms with E-state index in [4.69, 9.17) is 0 Å². The van der Waals surface area contributed by atoms with Gasteiger partial charge in [0.2, 0.25) is 17.6 Å². The molecule has 3 aliphatic heterocycles. The van der Waals surface area contributed by atoms with Crippen LogP contribution in [0.5, 0.6) is 0 Å². The number of nitrogens with one attached hydrogen (secondary N) is 2. The highest BCUT2D eigenvalue weighted by molar-refractivity contribution is 5.98. The normalized spacial score (nSPS) is 18.8. The summed E-state index contributed by atoms with van der Waals surface area (Å²) >= 11 is 0. The van der Waals surface area contributed by atoms with Gasteiger partial charge in [-0.1, -0.05) is 6.07 Å². The van der Waals surface area contributed by atoms with Gasteiger partial charge in [0.1, 0.15) is 30.1 Å². The van der Waals surface area contributed by atoms with Crippen molar-refractivity contribution in [3.05, 3.63) is 59.1 Å². The Morgan fingerprint density at radius 1 is 1.27 bits per heavy atom. The molecule has 0 radical (unpaired) electrons. The molecule has 5 heterocycles. The number of likely N-dealkylation sites (N-methyl/N-ethyl adjacent to an activating group) is 1. The van der Waals surface area contributed by atoms with Crippen molar-refractivity contribution >= 4 is 29.3 Å². The zero-order valence-electron chi connectivity index (χ0n) is 25.0. The molecule has 14 nitrogen and oxygen atoms in total. The molecular formula is C28H33F3N10O4. The van der Waals surface area contributed by atoms with Crippen LogP contribution in [0.4, 0.5) is 24.9 Å². The number of hydroxylamine groups is 3. The van der Waals surface area contributed by atoms with Crippen molar-refractivity contribution < 1.29 is 32.7 Å². The minimum Gasteiger partial charge on any atom is -0.618 e. The monoisotopic (exact) mass is 630 g/mol. The molecule has 2 atom stereocenters. The van der Waals surface area contributed by atoms with Crippen LogP contribution in [0.3, 0.4) is 0 Å². The van der Waals surface area contributed by atoms with Gasteiger partial charge in [0.25, 0.3) is 5.91 Å². The third-order valence-corrected chi connectivity index (χ3v) is 7.83. The molecule has 5 rings (SSSR count). The van der Waals surface area contributed by atoms with Gasteiger partial charge in [-0.05, 0) is 31.9 Å². The standard InChI is InChI=1S/C28H33F3N10O4/c1-16-11-19(41(16)45)14-37(3)26(43)23-24(38(4)44)34-15-40(23)17(2)25(42)36-22-9-5-7-20(35-22)18-12-32-27(33-13-18)39-10-6-8-21(39)28(29,30)31/h5,7,9,11-13,17,21,34,44H,6,8,10,14-15H2,1-4H3,(H,35,36,42)/t17-,21-/m0/s1. The molecule has 2 amide bonds. The fourth-order valence-electron chi connectivity index (χ4n) is 5.39. The fourth-order valence-corrected chi connectivity index (χ4v) is 5.39. The van der Waals surface area contributed by atoms with Crippen LogP contribution in [-0.4, -0.2) is 109 Å². The topological polar surface area (TPSA) is 156 Å². The van der Waals surface area contributed by atoms with Crippen LogP contribution in [0, 0.1) is 5.21 Å². The van der Waals surface area contributed by atoms with Gasteiger partial charge < -0.3 is 30.5 Å². The number of hydrogen-bond donors (Lipinski definition) is 3. The van der Waals surface area contributed by atoms with Gasteiger partial charge in [0, 0.05) is 45.5 Å². The Bertz CT molecular complexity index is 1570. The van der Waals surface area contributed by atoms with Crippen LogP contribution in [-0.2, 0) is 9.59 Å². The Morgan fingerprint density at radius 2 is 1.98 bits per heavy atom. The van der Waals surface area contributed by atoms with Crippen LogP contribution >= 0.6 is 0 Å². The number of rotatable bonds is 9. The highest BCUT2D eigenvalue weighted by Crippen LogP contribution is 2.34. The van der Waals surface area contributed by atoms with Crippen LogP contribution in [0.15, 0.2) is 53.9 Å². The molecule has 0 unspecified atom stereocenters. The van der Waals surface area contributed by atoms with Gasteiger partial charge in [-0.25, -0.2) is 20.0 Å². The number of allylic oxidation sites excluding steroid dienone is 1. The van der Waals surface area contributed by atoms with E-state index in [1.54, 1.807) is 38.1 Å². The maximum atomic E-state index is 13.5. The predicted molar refractivity (Wildman–Crippen MR) is 156 cm³/mol. The quantitative estimate of drug-likeness (QED) is 0.212. The van der Waals surface area contributed by atoms with Crippen molar-refractivity contribution in [1.82, 2.24) is 35.1 Å². The molecule has 17 heteroatoms. The van der Waals surface area contributed by atoms with Crippen molar-refractivity contribution in [3.8, 4) is 11.3 Å². The first-order valence-corrected chi connectivity index (χ1v) is 14.1. The summed E-state index contributed by atoms with van der Waals surface area (Å²) < 4.78 is 40.9. The van der Waals surface area contributed by atoms with Crippen LogP contribution in [0.25, 0.3) is 11.3 Å². The van der Waals surface area contributed by atoms with E-state index < -0.39 is 30.1 Å². The highest BCUT2D eigenvalue weighted by atomic mass is 19.4. The number of anilines is 2. The van der Waals surface area contributed by atoms with Crippen molar-refractivity contribution in [1.29, 1.82) is 0 Å². The molecule has 0 aromatic carbocycles. The summed E-state index contributed by atoms with van der Waals surface area (Å²) in [4.78, 5) is 43.5. The Labute approximate surface area is 256 Å². The molecule has 0 aliphatic carbocycles. The molecule has 0 spiro atoms. The molecule has 2 aromatic rings. The maximum absolute atomic E-state index is 13.5. The average molecular weight is 631 g/mol. The number of carbonyl (C=O) groups is 2. The van der Waals surface area contributed by atoms with Crippen molar-refractivity contribution in [2.24, 2.45) is 0 Å². The predicted octanol–water partition coefficient (Wildman–Crippen LogP) is 2.08. The number of amides is 2. The molecule has 0 bridgehead atoms. The Balaban J connectivity index is 1.28. The molecule has 45 heavy (non-hydrogen) atoms. The third-order valence-electron chi connectivity index (χ3n) is 7.83. The third kappa shape index (κ3) is 6.33. The Hall–Kier alpha value is -4.93. The summed E-state index contributed by atoms with van der Waals surface area (Å²) in [6.07, 6.45) is 0.442. The van der Waals surface area contributed by atoms with Gasteiger partial charge >= 0.3 is 6.18 Å². The van der Waals surface area contributed by atoms with Gasteiger partial charge in [-0.2, -0.15) is 17.9 Å². The van der Waals surface area contributed by atoms with Gasteiger partial charge in [-0.3, -0.25) is 14.8 Å². The first-order valence-electron chi connectivity index (χ1n) is 14.1. The van der Waals surface area contributed by atoms with E-state index in [-0.39, 0.29) is 49.5 Å². The lowest BCUT2D eigenvalue weighted by atomic mass is 10.2. The van der Waals surface area contributed by atoms with Gasteiger partial charge in [-0.15, -0.1) is 0 Å². The van der Waals surface area contributed by atoms with Crippen molar-refractivity contribution in [3.63, 3.8) is 0 Å². The van der Waals surface area contributed by atoms with E-state index in [0.29, 0.717) is 29.1 Å². The largest absolute Gasteiger partial charge is 0.618 e. The second-order valence-corrected chi connectivity index (χ2v) is 11.0. The molecule has 3 N–H and O–H groups in total. The number of alkyl halides is 3. The highest BCUT2D eigenvalue weighted by Gasteiger charge is 2.47. The number of aromatic nitrogens is 3. The summed E-state index contributed by atoms with van der Waals surface area (Å²) in [6, 6.07) is 2.32. The molecule has 1 fully saturated rings. The van der Waals surface area contributed by atoms with Gasteiger partial charge in [0.05, 0.1) is 18.4 Å².